The van der Waals surface area contributed by atoms with Crippen LogP contribution >= 0.6 is 0 Å². The number of epoxide rings is 2. The molecule has 0 aromatic rings. The number of aliphatic hydroxyl groups excluding tert-OH is 2. The highest BCUT2D eigenvalue weighted by Gasteiger charge is 2.20. The Morgan fingerprint density at radius 2 is 1.25 bits per heavy atom. The van der Waals surface area contributed by atoms with Gasteiger partial charge in [-0.25, -0.2) is 0 Å². The lowest BCUT2D eigenvalue weighted by Gasteiger charge is -1.80. The largest absolute Gasteiger partial charge is 0.396 e. The second-order valence-corrected chi connectivity index (χ2v) is 2.94. The number of rotatable bonds is 4. The molecule has 0 saturated carbocycles. The summed E-state index contributed by atoms with van der Waals surface area (Å²) < 4.78 is 9.58. The molecule has 72 valence electrons. The summed E-state index contributed by atoms with van der Waals surface area (Å²) in [4.78, 5) is 0. The molecule has 2 aliphatic heterocycles. The topological polar surface area (TPSA) is 65.5 Å². The van der Waals surface area contributed by atoms with Gasteiger partial charge in [0.15, 0.2) is 0 Å². The van der Waals surface area contributed by atoms with E-state index in [0.717, 1.165) is 26.1 Å². The predicted octanol–water partition coefficient (Wildman–Crippen LogP) is -0.465. The lowest BCUT2D eigenvalue weighted by molar-refractivity contribution is 0.263. The van der Waals surface area contributed by atoms with Gasteiger partial charge in [0.2, 0.25) is 0 Å². The normalized spacial score (nSPS) is 30.5. The van der Waals surface area contributed by atoms with Crippen LogP contribution in [0.4, 0.5) is 0 Å². The Balaban J connectivity index is 0.000000120. The zero-order valence-electron chi connectivity index (χ0n) is 7.11. The molecule has 4 nitrogen and oxygen atoms in total. The molecule has 0 unspecified atom stereocenters. The Morgan fingerprint density at radius 3 is 1.33 bits per heavy atom. The van der Waals surface area contributed by atoms with Crippen LogP contribution in [0.5, 0.6) is 0 Å². The van der Waals surface area contributed by atoms with Crippen molar-refractivity contribution in [1.29, 1.82) is 0 Å². The fraction of sp³-hybridized carbons (Fsp3) is 1.00. The highest BCUT2D eigenvalue weighted by molar-refractivity contribution is 4.67. The summed E-state index contributed by atoms with van der Waals surface area (Å²) >= 11 is 0. The molecule has 2 heterocycles. The highest BCUT2D eigenvalue weighted by atomic mass is 16.6. The molecule has 0 aromatic heterocycles. The number of hydrogen-bond donors (Lipinski definition) is 2. The van der Waals surface area contributed by atoms with Crippen molar-refractivity contribution in [3.63, 3.8) is 0 Å². The van der Waals surface area contributed by atoms with E-state index in [1.165, 1.54) is 0 Å². The van der Waals surface area contributed by atoms with Gasteiger partial charge >= 0.3 is 0 Å². The molecule has 2 rings (SSSR count). The van der Waals surface area contributed by atoms with E-state index in [4.69, 9.17) is 19.7 Å². The lowest BCUT2D eigenvalue weighted by Crippen LogP contribution is -1.88. The first-order valence-electron chi connectivity index (χ1n) is 4.31. The van der Waals surface area contributed by atoms with E-state index in [2.05, 4.69) is 0 Å². The summed E-state index contributed by atoms with van der Waals surface area (Å²) in [7, 11) is 0. The molecule has 2 atom stereocenters. The summed E-state index contributed by atoms with van der Waals surface area (Å²) in [6.07, 6.45) is 2.44. The quantitative estimate of drug-likeness (QED) is 0.569. The van der Waals surface area contributed by atoms with Crippen LogP contribution in [0.15, 0.2) is 0 Å². The third-order valence-corrected chi connectivity index (χ3v) is 1.71. The van der Waals surface area contributed by atoms with E-state index in [0.29, 0.717) is 12.2 Å². The first kappa shape index (κ1) is 9.92. The van der Waals surface area contributed by atoms with Crippen molar-refractivity contribution in [2.75, 3.05) is 26.4 Å². The molecule has 0 bridgehead atoms. The van der Waals surface area contributed by atoms with E-state index >= 15 is 0 Å². The fourth-order valence-corrected chi connectivity index (χ4v) is 0.757. The Bertz CT molecular complexity index is 95.6. The van der Waals surface area contributed by atoms with Gasteiger partial charge in [0.1, 0.15) is 0 Å². The fourth-order valence-electron chi connectivity index (χ4n) is 0.757. The molecule has 0 spiro atoms. The van der Waals surface area contributed by atoms with Gasteiger partial charge in [-0.1, -0.05) is 0 Å². The number of ether oxygens (including phenoxy) is 2. The molecule has 0 amide bonds. The van der Waals surface area contributed by atoms with E-state index < -0.39 is 0 Å². The van der Waals surface area contributed by atoms with Gasteiger partial charge in [0, 0.05) is 13.2 Å². The number of hydrogen-bond acceptors (Lipinski definition) is 4. The molecule has 0 aliphatic carbocycles. The maximum atomic E-state index is 8.20. The Morgan fingerprint density at radius 1 is 0.917 bits per heavy atom. The van der Waals surface area contributed by atoms with Crippen molar-refractivity contribution in [2.24, 2.45) is 0 Å². The standard InChI is InChI=1S/2C4H8O2/c2*5-2-1-4-3-6-4/h2*4-5H,1-3H2/t2*4-/m11/s1. The van der Waals surface area contributed by atoms with Crippen LogP contribution in [-0.4, -0.2) is 48.8 Å². The minimum Gasteiger partial charge on any atom is -0.396 e. The van der Waals surface area contributed by atoms with Crippen molar-refractivity contribution in [3.05, 3.63) is 0 Å². The second kappa shape index (κ2) is 5.48. The van der Waals surface area contributed by atoms with Gasteiger partial charge < -0.3 is 19.7 Å². The molecular formula is C8H16O4. The molecule has 2 N–H and O–H groups in total. The minimum atomic E-state index is 0.269. The van der Waals surface area contributed by atoms with Crippen molar-refractivity contribution in [1.82, 2.24) is 0 Å². The molecule has 0 aromatic carbocycles. The van der Waals surface area contributed by atoms with Gasteiger partial charge in [-0.15, -0.1) is 0 Å². The van der Waals surface area contributed by atoms with Gasteiger partial charge in [-0.05, 0) is 12.8 Å². The van der Waals surface area contributed by atoms with E-state index in [1.54, 1.807) is 0 Å². The smallest absolute Gasteiger partial charge is 0.0831 e. The van der Waals surface area contributed by atoms with Crippen LogP contribution in [0.1, 0.15) is 12.8 Å². The van der Waals surface area contributed by atoms with E-state index in [1.807, 2.05) is 0 Å². The predicted molar refractivity (Wildman–Crippen MR) is 42.9 cm³/mol. The van der Waals surface area contributed by atoms with E-state index in [-0.39, 0.29) is 13.2 Å². The molecular weight excluding hydrogens is 160 g/mol. The van der Waals surface area contributed by atoms with E-state index in [9.17, 15) is 0 Å². The summed E-state index contributed by atoms with van der Waals surface area (Å²) in [6.45, 7) is 2.26. The van der Waals surface area contributed by atoms with Crippen LogP contribution in [0, 0.1) is 0 Å². The third kappa shape index (κ3) is 5.49. The van der Waals surface area contributed by atoms with Crippen LogP contribution in [-0.2, 0) is 9.47 Å². The molecule has 2 aliphatic rings. The van der Waals surface area contributed by atoms with Crippen molar-refractivity contribution >= 4 is 0 Å². The molecule has 2 saturated heterocycles. The Labute approximate surface area is 72.1 Å². The average Bonchev–Trinajstić information content (AvgIpc) is 2.81. The van der Waals surface area contributed by atoms with Gasteiger partial charge in [0.05, 0.1) is 25.4 Å². The first-order chi connectivity index (χ1) is 5.86. The zero-order valence-corrected chi connectivity index (χ0v) is 7.11. The average molecular weight is 176 g/mol. The third-order valence-electron chi connectivity index (χ3n) is 1.71. The molecule has 2 fully saturated rings. The first-order valence-corrected chi connectivity index (χ1v) is 4.31. The zero-order chi connectivity index (χ0) is 8.81. The van der Waals surface area contributed by atoms with Crippen LogP contribution in [0.25, 0.3) is 0 Å². The van der Waals surface area contributed by atoms with Crippen LogP contribution < -0.4 is 0 Å². The van der Waals surface area contributed by atoms with Gasteiger partial charge in [0.25, 0.3) is 0 Å². The summed E-state index contributed by atoms with van der Waals surface area (Å²) in [5.74, 6) is 0. The van der Waals surface area contributed by atoms with Crippen LogP contribution in [0.3, 0.4) is 0 Å². The lowest BCUT2D eigenvalue weighted by atomic mass is 10.4. The summed E-state index contributed by atoms with van der Waals surface area (Å²) in [5.41, 5.74) is 0. The number of aliphatic hydroxyl groups is 2. The maximum absolute atomic E-state index is 8.20. The molecule has 12 heavy (non-hydrogen) atoms. The minimum absolute atomic E-state index is 0.269. The van der Waals surface area contributed by atoms with Crippen molar-refractivity contribution < 1.29 is 19.7 Å². The molecule has 4 heteroatoms. The van der Waals surface area contributed by atoms with Crippen molar-refractivity contribution in [3.8, 4) is 0 Å². The molecule has 0 radical (unpaired) electrons. The van der Waals surface area contributed by atoms with Crippen molar-refractivity contribution in [2.45, 2.75) is 25.0 Å². The second-order valence-electron chi connectivity index (χ2n) is 2.94. The van der Waals surface area contributed by atoms with Gasteiger partial charge in [-0.3, -0.25) is 0 Å². The monoisotopic (exact) mass is 176 g/mol. The summed E-state index contributed by atoms with van der Waals surface area (Å²) in [6, 6.07) is 0. The highest BCUT2D eigenvalue weighted by Crippen LogP contribution is 2.11. The van der Waals surface area contributed by atoms with Crippen LogP contribution in [0.2, 0.25) is 0 Å². The SMILES string of the molecule is OCC[C@@H]1CO1.OCC[C@@H]1CO1. The Kier molecular flexibility index (Phi) is 4.53. The summed E-state index contributed by atoms with van der Waals surface area (Å²) in [5, 5.41) is 16.4. The van der Waals surface area contributed by atoms with Gasteiger partial charge in [-0.2, -0.15) is 0 Å². The Hall–Kier alpha value is -0.160. The maximum Gasteiger partial charge on any atom is 0.0831 e.